The van der Waals surface area contributed by atoms with E-state index in [2.05, 4.69) is 31.3 Å². The van der Waals surface area contributed by atoms with Crippen molar-refractivity contribution in [2.75, 3.05) is 39.5 Å². The molecule has 2 aromatic rings. The average Bonchev–Trinajstić information content (AvgIpc) is 3.10. The molecule has 0 saturated carbocycles. The average molecular weight is 738 g/mol. The van der Waals surface area contributed by atoms with Gasteiger partial charge >= 0.3 is 0 Å². The van der Waals surface area contributed by atoms with Gasteiger partial charge in [-0.05, 0) is 100 Å². The van der Waals surface area contributed by atoms with E-state index < -0.39 is 29.0 Å². The SMILES string of the molecule is CNCCCC(NC=O)C(=O)Nc1ccc(SNC(=O)/C(C)=C/CN(C)C(=O)C(NC(=O)C(NC)C(C)(C)c2ccccc2)C(C)(C)C)c(C)c1C. The van der Waals surface area contributed by atoms with Crippen LogP contribution >= 0.6 is 11.9 Å². The smallest absolute Gasteiger partial charge is 0.256 e. The van der Waals surface area contributed by atoms with Crippen molar-refractivity contribution in [2.45, 2.75) is 96.7 Å². The van der Waals surface area contributed by atoms with Crippen molar-refractivity contribution in [1.29, 1.82) is 0 Å². The largest absolute Gasteiger partial charge is 0.347 e. The Labute approximate surface area is 314 Å². The Morgan fingerprint density at radius 3 is 2.13 bits per heavy atom. The van der Waals surface area contributed by atoms with Crippen molar-refractivity contribution in [3.05, 3.63) is 70.8 Å². The molecule has 3 atom stereocenters. The number of carbonyl (C=O) groups excluding carboxylic acids is 5. The van der Waals surface area contributed by atoms with Crippen molar-refractivity contribution in [3.8, 4) is 0 Å². The molecule has 0 spiro atoms. The van der Waals surface area contributed by atoms with E-state index in [-0.39, 0.29) is 30.2 Å². The van der Waals surface area contributed by atoms with Gasteiger partial charge in [-0.15, -0.1) is 0 Å². The van der Waals surface area contributed by atoms with Gasteiger partial charge < -0.3 is 31.5 Å². The minimum atomic E-state index is -0.810. The van der Waals surface area contributed by atoms with E-state index in [1.807, 2.05) is 91.9 Å². The first-order valence-electron chi connectivity index (χ1n) is 17.6. The van der Waals surface area contributed by atoms with Gasteiger partial charge in [-0.3, -0.25) is 28.7 Å². The Kier molecular flexibility index (Phi) is 17.0. The standard InChI is InChI=1S/C39H59N7O5S/c1-25(34(48)45-52-31-20-19-29(26(2)27(31)3)43-35(49)30(42-24-47)18-15-22-40-9)21-23-46(11)37(51)33(38(4,5)6)44-36(50)32(41-10)39(7,8)28-16-13-12-14-17-28/h12-14,16-17,19-21,24,30,32-33,40-41H,15,18,22-23H2,1-11H3,(H,42,47)(H,43,49)(H,44,50)(H,45,48)/b25-21+. The number of carbonyl (C=O) groups is 5. The highest BCUT2D eigenvalue weighted by molar-refractivity contribution is 7.98. The van der Waals surface area contributed by atoms with Gasteiger partial charge in [-0.1, -0.05) is 71.0 Å². The topological polar surface area (TPSA) is 161 Å². The molecule has 0 bridgehead atoms. The zero-order valence-corrected chi connectivity index (χ0v) is 33.5. The highest BCUT2D eigenvalue weighted by Crippen LogP contribution is 2.30. The van der Waals surface area contributed by atoms with Gasteiger partial charge in [0, 0.05) is 35.2 Å². The highest BCUT2D eigenvalue weighted by atomic mass is 32.2. The fourth-order valence-electron chi connectivity index (χ4n) is 5.70. The predicted molar refractivity (Wildman–Crippen MR) is 210 cm³/mol. The molecule has 5 amide bonds. The summed E-state index contributed by atoms with van der Waals surface area (Å²) in [5.74, 6) is -1.16. The minimum absolute atomic E-state index is 0.164. The van der Waals surface area contributed by atoms with Crippen LogP contribution in [0.1, 0.15) is 71.1 Å². The molecule has 0 radical (unpaired) electrons. The van der Waals surface area contributed by atoms with Crippen LogP contribution in [0.5, 0.6) is 0 Å². The molecular formula is C39H59N7O5S. The van der Waals surface area contributed by atoms with Gasteiger partial charge in [0.2, 0.25) is 24.1 Å². The maximum Gasteiger partial charge on any atom is 0.256 e. The first kappa shape index (κ1) is 44.0. The number of hydrogen-bond donors (Lipinski definition) is 6. The van der Waals surface area contributed by atoms with E-state index in [0.29, 0.717) is 24.1 Å². The molecule has 0 fully saturated rings. The van der Waals surface area contributed by atoms with Gasteiger partial charge in [0.1, 0.15) is 12.1 Å². The third kappa shape index (κ3) is 12.2. The molecule has 0 saturated heterocycles. The summed E-state index contributed by atoms with van der Waals surface area (Å²) in [5.41, 5.74) is 2.63. The summed E-state index contributed by atoms with van der Waals surface area (Å²) in [7, 11) is 5.22. The summed E-state index contributed by atoms with van der Waals surface area (Å²) in [5, 5.41) is 14.7. The molecule has 0 aliphatic rings. The second-order valence-electron chi connectivity index (χ2n) is 14.7. The summed E-state index contributed by atoms with van der Waals surface area (Å²) >= 11 is 1.16. The van der Waals surface area contributed by atoms with E-state index >= 15 is 0 Å². The molecule has 0 heterocycles. The molecule has 13 heteroatoms. The summed E-state index contributed by atoms with van der Waals surface area (Å²) < 4.78 is 2.86. The number of amides is 5. The van der Waals surface area contributed by atoms with E-state index in [1.54, 1.807) is 33.2 Å². The Morgan fingerprint density at radius 1 is 0.904 bits per heavy atom. The van der Waals surface area contributed by atoms with Crippen LogP contribution in [0.3, 0.4) is 0 Å². The van der Waals surface area contributed by atoms with E-state index in [4.69, 9.17) is 0 Å². The second-order valence-corrected chi connectivity index (χ2v) is 15.5. The van der Waals surface area contributed by atoms with Gasteiger partial charge in [0.05, 0.1) is 6.04 Å². The lowest BCUT2D eigenvalue weighted by atomic mass is 9.76. The normalized spacial score (nSPS) is 13.7. The molecule has 3 unspecified atom stereocenters. The van der Waals surface area contributed by atoms with Crippen LogP contribution in [-0.2, 0) is 29.4 Å². The summed E-state index contributed by atoms with van der Waals surface area (Å²) in [4.78, 5) is 66.7. The second kappa shape index (κ2) is 20.1. The predicted octanol–water partition coefficient (Wildman–Crippen LogP) is 3.98. The fraction of sp³-hybridized carbons (Fsp3) is 0.513. The van der Waals surface area contributed by atoms with Crippen LogP contribution in [0.2, 0.25) is 0 Å². The number of likely N-dealkylation sites (N-methyl/N-ethyl adjacent to an activating group) is 2. The van der Waals surface area contributed by atoms with Crippen LogP contribution in [-0.4, -0.2) is 87.3 Å². The molecule has 286 valence electrons. The Hall–Kier alpha value is -4.20. The van der Waals surface area contributed by atoms with Gasteiger partial charge in [0.15, 0.2) is 0 Å². The molecule has 0 aliphatic carbocycles. The van der Waals surface area contributed by atoms with Gasteiger partial charge in [-0.25, -0.2) is 0 Å². The number of rotatable bonds is 19. The molecule has 52 heavy (non-hydrogen) atoms. The Balaban J connectivity index is 2.07. The molecule has 2 rings (SSSR count). The number of nitrogens with zero attached hydrogens (tertiary/aromatic N) is 1. The minimum Gasteiger partial charge on any atom is -0.347 e. The molecule has 0 aromatic heterocycles. The maximum atomic E-state index is 13.8. The molecule has 2 aromatic carbocycles. The molecular weight excluding hydrogens is 679 g/mol. The number of hydrogen-bond acceptors (Lipinski definition) is 8. The van der Waals surface area contributed by atoms with Crippen LogP contribution in [0.25, 0.3) is 0 Å². The van der Waals surface area contributed by atoms with E-state index in [1.165, 1.54) is 4.90 Å². The van der Waals surface area contributed by atoms with Crippen molar-refractivity contribution in [3.63, 3.8) is 0 Å². The lowest BCUT2D eigenvalue weighted by molar-refractivity contribution is -0.139. The van der Waals surface area contributed by atoms with Crippen molar-refractivity contribution in [2.24, 2.45) is 5.41 Å². The highest BCUT2D eigenvalue weighted by Gasteiger charge is 2.40. The van der Waals surface area contributed by atoms with Crippen LogP contribution in [0.15, 0.2) is 59.0 Å². The molecule has 12 nitrogen and oxygen atoms in total. The van der Waals surface area contributed by atoms with Crippen molar-refractivity contribution >= 4 is 47.7 Å². The first-order valence-corrected chi connectivity index (χ1v) is 18.4. The van der Waals surface area contributed by atoms with Crippen LogP contribution in [0, 0.1) is 19.3 Å². The van der Waals surface area contributed by atoms with Crippen LogP contribution in [0.4, 0.5) is 5.69 Å². The molecule has 6 N–H and O–H groups in total. The quantitative estimate of drug-likeness (QED) is 0.0547. The zero-order valence-electron chi connectivity index (χ0n) is 32.7. The summed E-state index contributed by atoms with van der Waals surface area (Å²) in [6.45, 7) is 16.1. The first-order chi connectivity index (χ1) is 24.4. The summed E-state index contributed by atoms with van der Waals surface area (Å²) in [6, 6.07) is 11.3. The third-order valence-corrected chi connectivity index (χ3v) is 10.3. The zero-order chi connectivity index (χ0) is 39.2. The third-order valence-electron chi connectivity index (χ3n) is 9.35. The van der Waals surface area contributed by atoms with Crippen molar-refractivity contribution in [1.82, 2.24) is 30.9 Å². The van der Waals surface area contributed by atoms with Crippen LogP contribution < -0.4 is 31.3 Å². The van der Waals surface area contributed by atoms with E-state index in [0.717, 1.165) is 46.5 Å². The monoisotopic (exact) mass is 737 g/mol. The van der Waals surface area contributed by atoms with E-state index in [9.17, 15) is 24.0 Å². The van der Waals surface area contributed by atoms with Crippen molar-refractivity contribution < 1.29 is 24.0 Å². The summed E-state index contributed by atoms with van der Waals surface area (Å²) in [6.07, 6.45) is 3.44. The molecule has 0 aliphatic heterocycles. The Bertz CT molecular complexity index is 1570. The lowest BCUT2D eigenvalue weighted by Crippen LogP contribution is -2.60. The number of anilines is 1. The van der Waals surface area contributed by atoms with Gasteiger partial charge in [0.25, 0.3) is 5.91 Å². The fourth-order valence-corrected chi connectivity index (χ4v) is 6.51. The number of nitrogens with one attached hydrogen (secondary N) is 6. The Morgan fingerprint density at radius 2 is 1.56 bits per heavy atom. The maximum absolute atomic E-state index is 13.8. The lowest BCUT2D eigenvalue weighted by Gasteiger charge is -2.38. The number of benzene rings is 2. The van der Waals surface area contributed by atoms with Gasteiger partial charge in [-0.2, -0.15) is 0 Å².